The number of rotatable bonds is 0. The fourth-order valence-electron chi connectivity index (χ4n) is 1.86. The van der Waals surface area contributed by atoms with E-state index in [0.29, 0.717) is 6.54 Å². The van der Waals surface area contributed by atoms with Crippen molar-refractivity contribution in [2.75, 3.05) is 11.9 Å². The van der Waals surface area contributed by atoms with Crippen LogP contribution in [-0.4, -0.2) is 17.3 Å². The van der Waals surface area contributed by atoms with Crippen LogP contribution in [0.4, 0.5) is 5.69 Å². The van der Waals surface area contributed by atoms with Gasteiger partial charge in [0.15, 0.2) is 5.78 Å². The van der Waals surface area contributed by atoms with E-state index in [4.69, 9.17) is 0 Å². The average Bonchev–Trinajstić information content (AvgIpc) is 2.24. The van der Waals surface area contributed by atoms with Gasteiger partial charge >= 0.3 is 0 Å². The van der Waals surface area contributed by atoms with Crippen LogP contribution in [0.1, 0.15) is 10.4 Å². The summed E-state index contributed by atoms with van der Waals surface area (Å²) in [5.41, 5.74) is 2.66. The van der Waals surface area contributed by atoms with Crippen molar-refractivity contribution in [2.45, 2.75) is 0 Å². The van der Waals surface area contributed by atoms with Gasteiger partial charge in [0.2, 0.25) is 0 Å². The molecule has 1 aliphatic heterocycles. The Bertz CT molecular complexity index is 529. The van der Waals surface area contributed by atoms with Crippen LogP contribution in [0.2, 0.25) is 0 Å². The van der Waals surface area contributed by atoms with Crippen molar-refractivity contribution in [1.82, 2.24) is 4.98 Å². The van der Waals surface area contributed by atoms with Crippen LogP contribution in [0.15, 0.2) is 30.5 Å². The van der Waals surface area contributed by atoms with Crippen molar-refractivity contribution in [1.29, 1.82) is 0 Å². The van der Waals surface area contributed by atoms with Gasteiger partial charge in [-0.05, 0) is 18.2 Å². The Balaban J connectivity index is 2.52. The maximum atomic E-state index is 11.6. The average molecular weight is 184 g/mol. The van der Waals surface area contributed by atoms with Gasteiger partial charge in [0.05, 0.1) is 12.1 Å². The molecule has 0 radical (unpaired) electrons. The topological polar surface area (TPSA) is 42.0 Å². The summed E-state index contributed by atoms with van der Waals surface area (Å²) in [6.45, 7) is 0.385. The van der Waals surface area contributed by atoms with Crippen LogP contribution >= 0.6 is 0 Å². The highest BCUT2D eigenvalue weighted by atomic mass is 16.1. The predicted octanol–water partition coefficient (Wildman–Crippen LogP) is 1.84. The number of ketones is 1. The Morgan fingerprint density at radius 1 is 1.29 bits per heavy atom. The van der Waals surface area contributed by atoms with E-state index in [1.807, 2.05) is 18.2 Å². The van der Waals surface area contributed by atoms with Crippen LogP contribution in [0.25, 0.3) is 10.9 Å². The highest BCUT2D eigenvalue weighted by Crippen LogP contribution is 2.28. The molecular formula is C11H8N2O. The van der Waals surface area contributed by atoms with Gasteiger partial charge in [-0.15, -0.1) is 0 Å². The monoisotopic (exact) mass is 184 g/mol. The summed E-state index contributed by atoms with van der Waals surface area (Å²) in [7, 11) is 0. The number of carbonyl (C=O) groups is 1. The molecule has 0 aliphatic carbocycles. The number of pyridine rings is 1. The summed E-state index contributed by atoms with van der Waals surface area (Å²) in [6.07, 6.45) is 1.69. The lowest BCUT2D eigenvalue weighted by Crippen LogP contribution is -2.19. The number of hydrogen-bond donors (Lipinski definition) is 1. The molecule has 3 nitrogen and oxygen atoms in total. The molecule has 1 N–H and O–H groups in total. The molecule has 0 saturated heterocycles. The largest absolute Gasteiger partial charge is 0.377 e. The molecule has 2 aromatic rings. The van der Waals surface area contributed by atoms with Crippen molar-refractivity contribution in [3.05, 3.63) is 36.0 Å². The summed E-state index contributed by atoms with van der Waals surface area (Å²) in [5.74, 6) is 0.135. The first-order chi connectivity index (χ1) is 6.86. The van der Waals surface area contributed by atoms with E-state index in [1.54, 1.807) is 12.3 Å². The van der Waals surface area contributed by atoms with Crippen LogP contribution in [0.5, 0.6) is 0 Å². The van der Waals surface area contributed by atoms with Crippen molar-refractivity contribution >= 4 is 22.4 Å². The normalized spacial score (nSPS) is 14.1. The van der Waals surface area contributed by atoms with Gasteiger partial charge in [0, 0.05) is 22.8 Å². The summed E-state index contributed by atoms with van der Waals surface area (Å²) >= 11 is 0. The van der Waals surface area contributed by atoms with Crippen LogP contribution < -0.4 is 5.32 Å². The SMILES string of the molecule is O=C1CNc2cccc3nccc1c23. The number of anilines is 1. The van der Waals surface area contributed by atoms with Gasteiger partial charge in [-0.1, -0.05) is 6.07 Å². The van der Waals surface area contributed by atoms with E-state index in [2.05, 4.69) is 10.3 Å². The lowest BCUT2D eigenvalue weighted by molar-refractivity contribution is 0.101. The van der Waals surface area contributed by atoms with Gasteiger partial charge in [0.1, 0.15) is 0 Å². The summed E-state index contributed by atoms with van der Waals surface area (Å²) in [6, 6.07) is 7.62. The zero-order valence-corrected chi connectivity index (χ0v) is 7.45. The summed E-state index contributed by atoms with van der Waals surface area (Å²) in [4.78, 5) is 15.8. The maximum absolute atomic E-state index is 11.6. The molecular weight excluding hydrogens is 176 g/mol. The van der Waals surface area contributed by atoms with Gasteiger partial charge in [0.25, 0.3) is 0 Å². The molecule has 0 atom stereocenters. The molecule has 1 aromatic carbocycles. The predicted molar refractivity (Wildman–Crippen MR) is 54.6 cm³/mol. The molecule has 0 saturated carbocycles. The lowest BCUT2D eigenvalue weighted by atomic mass is 10.0. The van der Waals surface area contributed by atoms with Crippen LogP contribution in [-0.2, 0) is 0 Å². The highest BCUT2D eigenvalue weighted by molar-refractivity contribution is 6.15. The zero-order valence-electron chi connectivity index (χ0n) is 7.45. The van der Waals surface area contributed by atoms with Gasteiger partial charge < -0.3 is 5.32 Å². The Hall–Kier alpha value is -1.90. The second-order valence-electron chi connectivity index (χ2n) is 3.33. The molecule has 2 heterocycles. The molecule has 1 aliphatic rings. The third kappa shape index (κ3) is 0.865. The number of hydrogen-bond acceptors (Lipinski definition) is 3. The molecule has 3 heteroatoms. The maximum Gasteiger partial charge on any atom is 0.182 e. The Morgan fingerprint density at radius 2 is 2.21 bits per heavy atom. The van der Waals surface area contributed by atoms with E-state index in [1.165, 1.54) is 0 Å². The third-order valence-corrected chi connectivity index (χ3v) is 2.51. The first-order valence-corrected chi connectivity index (χ1v) is 4.51. The highest BCUT2D eigenvalue weighted by Gasteiger charge is 2.17. The summed E-state index contributed by atoms with van der Waals surface area (Å²) < 4.78 is 0. The number of aromatic nitrogens is 1. The molecule has 0 bridgehead atoms. The molecule has 0 spiro atoms. The van der Waals surface area contributed by atoms with E-state index in [-0.39, 0.29) is 5.78 Å². The van der Waals surface area contributed by atoms with E-state index >= 15 is 0 Å². The molecule has 68 valence electrons. The second-order valence-corrected chi connectivity index (χ2v) is 3.33. The third-order valence-electron chi connectivity index (χ3n) is 2.51. The fourth-order valence-corrected chi connectivity index (χ4v) is 1.86. The quantitative estimate of drug-likeness (QED) is 0.679. The van der Waals surface area contributed by atoms with Crippen LogP contribution in [0.3, 0.4) is 0 Å². The van der Waals surface area contributed by atoms with E-state index < -0.39 is 0 Å². The smallest absolute Gasteiger partial charge is 0.182 e. The van der Waals surface area contributed by atoms with Crippen LogP contribution in [0, 0.1) is 0 Å². The van der Waals surface area contributed by atoms with Gasteiger partial charge in [-0.2, -0.15) is 0 Å². The number of carbonyl (C=O) groups excluding carboxylic acids is 1. The van der Waals surface area contributed by atoms with Crippen molar-refractivity contribution < 1.29 is 4.79 Å². The number of benzene rings is 1. The fraction of sp³-hybridized carbons (Fsp3) is 0.0909. The first kappa shape index (κ1) is 7.50. The molecule has 3 rings (SSSR count). The number of nitrogens with zero attached hydrogens (tertiary/aromatic N) is 1. The number of Topliss-reactive ketones (excluding diaryl/α,β-unsaturated/α-hetero) is 1. The van der Waals surface area contributed by atoms with Crippen molar-refractivity contribution in [2.24, 2.45) is 0 Å². The van der Waals surface area contributed by atoms with Crippen molar-refractivity contribution in [3.8, 4) is 0 Å². The second kappa shape index (κ2) is 2.54. The standard InChI is InChI=1S/C11H8N2O/c14-10-6-13-9-3-1-2-8-11(9)7(10)4-5-12-8/h1-5,13H,6H2. The molecule has 1 aromatic heterocycles. The minimum atomic E-state index is 0.135. The van der Waals surface area contributed by atoms with Crippen molar-refractivity contribution in [3.63, 3.8) is 0 Å². The van der Waals surface area contributed by atoms with Gasteiger partial charge in [-0.25, -0.2) is 0 Å². The molecule has 0 unspecified atom stereocenters. The number of nitrogens with one attached hydrogen (secondary N) is 1. The van der Waals surface area contributed by atoms with E-state index in [9.17, 15) is 4.79 Å². The Morgan fingerprint density at radius 3 is 3.14 bits per heavy atom. The summed E-state index contributed by atoms with van der Waals surface area (Å²) in [5, 5.41) is 4.04. The van der Waals surface area contributed by atoms with Gasteiger partial charge in [-0.3, -0.25) is 9.78 Å². The zero-order chi connectivity index (χ0) is 9.54. The lowest BCUT2D eigenvalue weighted by Gasteiger charge is -2.16. The minimum Gasteiger partial charge on any atom is -0.377 e. The van der Waals surface area contributed by atoms with E-state index in [0.717, 1.165) is 22.2 Å². The minimum absolute atomic E-state index is 0.135. The Labute approximate surface area is 80.8 Å². The molecule has 14 heavy (non-hydrogen) atoms. The Kier molecular flexibility index (Phi) is 1.36. The molecule has 0 fully saturated rings. The molecule has 0 amide bonds. The first-order valence-electron chi connectivity index (χ1n) is 4.51.